The summed E-state index contributed by atoms with van der Waals surface area (Å²) < 4.78 is 6.56. The van der Waals surface area contributed by atoms with E-state index in [2.05, 4.69) is 4.98 Å². The third kappa shape index (κ3) is 5.35. The minimum atomic E-state index is -0.108. The number of likely N-dealkylation sites (N-methyl/N-ethyl adjacent to an activating group) is 1. The molecule has 3 rings (SSSR count). The van der Waals surface area contributed by atoms with E-state index in [0.29, 0.717) is 28.9 Å². The van der Waals surface area contributed by atoms with Crippen LogP contribution in [0.25, 0.3) is 10.2 Å². The van der Waals surface area contributed by atoms with Crippen LogP contribution in [-0.2, 0) is 0 Å². The molecule has 1 aromatic heterocycles. The first-order valence-corrected chi connectivity index (χ1v) is 9.93. The molecule has 8 heteroatoms. The van der Waals surface area contributed by atoms with E-state index in [1.165, 1.54) is 11.3 Å². The molecule has 3 aromatic rings. The molecule has 0 aliphatic heterocycles. The van der Waals surface area contributed by atoms with E-state index in [1.807, 2.05) is 44.1 Å². The molecular weight excluding hydrogens is 417 g/mol. The van der Waals surface area contributed by atoms with Gasteiger partial charge < -0.3 is 9.64 Å². The predicted molar refractivity (Wildman–Crippen MR) is 120 cm³/mol. The van der Waals surface area contributed by atoms with Gasteiger partial charge in [0.15, 0.2) is 5.13 Å². The van der Waals surface area contributed by atoms with Crippen molar-refractivity contribution >= 4 is 56.6 Å². The van der Waals surface area contributed by atoms with Crippen LogP contribution in [0.15, 0.2) is 42.5 Å². The third-order valence-corrected chi connectivity index (χ3v) is 5.25. The lowest BCUT2D eigenvalue weighted by molar-refractivity contribution is 0.0985. The molecule has 5 nitrogen and oxygen atoms in total. The number of benzene rings is 2. The fourth-order valence-electron chi connectivity index (χ4n) is 2.63. The van der Waals surface area contributed by atoms with Gasteiger partial charge in [0.1, 0.15) is 5.75 Å². The number of nitrogens with zero attached hydrogens (tertiary/aromatic N) is 3. The van der Waals surface area contributed by atoms with Crippen molar-refractivity contribution in [3.63, 3.8) is 0 Å². The Balaban J connectivity index is 0.00000280. The minimum Gasteiger partial charge on any atom is -0.494 e. The fourth-order valence-corrected chi connectivity index (χ4v) is 3.83. The second-order valence-electron chi connectivity index (χ2n) is 6.33. The van der Waals surface area contributed by atoms with Crippen molar-refractivity contribution in [2.24, 2.45) is 0 Å². The lowest BCUT2D eigenvalue weighted by atomic mass is 10.2. The van der Waals surface area contributed by atoms with Gasteiger partial charge in [-0.15, -0.1) is 12.4 Å². The Kier molecular flexibility index (Phi) is 8.07. The summed E-state index contributed by atoms with van der Waals surface area (Å²) in [4.78, 5) is 21.6. The first kappa shape index (κ1) is 22.4. The number of hydrogen-bond acceptors (Lipinski definition) is 5. The molecule has 0 unspecified atom stereocenters. The molecule has 28 heavy (non-hydrogen) atoms. The van der Waals surface area contributed by atoms with Crippen LogP contribution in [0.2, 0.25) is 5.02 Å². The fraction of sp³-hybridized carbons (Fsp3) is 0.300. The molecule has 150 valence electrons. The van der Waals surface area contributed by atoms with Crippen molar-refractivity contribution in [3.8, 4) is 5.75 Å². The highest BCUT2D eigenvalue weighted by molar-refractivity contribution is 7.22. The summed E-state index contributed by atoms with van der Waals surface area (Å²) in [7, 11) is 3.96. The average Bonchev–Trinajstić information content (AvgIpc) is 3.04. The Morgan fingerprint density at radius 1 is 1.18 bits per heavy atom. The van der Waals surface area contributed by atoms with Crippen LogP contribution < -0.4 is 9.64 Å². The second kappa shape index (κ2) is 10.1. The van der Waals surface area contributed by atoms with Gasteiger partial charge in [0.05, 0.1) is 16.8 Å². The Labute approximate surface area is 180 Å². The Hall–Kier alpha value is -1.86. The summed E-state index contributed by atoms with van der Waals surface area (Å²) in [5, 5.41) is 1.21. The van der Waals surface area contributed by atoms with E-state index in [1.54, 1.807) is 29.2 Å². The van der Waals surface area contributed by atoms with E-state index in [9.17, 15) is 4.79 Å². The summed E-state index contributed by atoms with van der Waals surface area (Å²) >= 11 is 7.56. The molecule has 0 saturated heterocycles. The number of rotatable bonds is 7. The van der Waals surface area contributed by atoms with Crippen LogP contribution >= 0.6 is 35.3 Å². The second-order valence-corrected chi connectivity index (χ2v) is 7.77. The number of amides is 1. The number of anilines is 1. The predicted octanol–water partition coefficient (Wildman–Crippen LogP) is 4.98. The van der Waals surface area contributed by atoms with Crippen LogP contribution in [-0.4, -0.2) is 49.6 Å². The molecule has 0 aliphatic carbocycles. The zero-order chi connectivity index (χ0) is 19.4. The van der Waals surface area contributed by atoms with Crippen molar-refractivity contribution in [3.05, 3.63) is 53.1 Å². The van der Waals surface area contributed by atoms with E-state index in [4.69, 9.17) is 16.3 Å². The largest absolute Gasteiger partial charge is 0.494 e. The van der Waals surface area contributed by atoms with Gasteiger partial charge >= 0.3 is 0 Å². The van der Waals surface area contributed by atoms with Crippen molar-refractivity contribution in [2.45, 2.75) is 6.92 Å². The molecule has 1 amide bonds. The summed E-state index contributed by atoms with van der Waals surface area (Å²) in [6, 6.07) is 12.8. The van der Waals surface area contributed by atoms with Gasteiger partial charge in [-0.2, -0.15) is 0 Å². The summed E-state index contributed by atoms with van der Waals surface area (Å²) in [6.45, 7) is 3.83. The van der Waals surface area contributed by atoms with Crippen molar-refractivity contribution in [1.29, 1.82) is 0 Å². The number of thiazole rings is 1. The third-order valence-electron chi connectivity index (χ3n) is 3.98. The molecule has 0 bridgehead atoms. The number of ether oxygens (including phenoxy) is 1. The van der Waals surface area contributed by atoms with E-state index in [0.717, 1.165) is 22.5 Å². The van der Waals surface area contributed by atoms with Gasteiger partial charge in [-0.1, -0.05) is 29.0 Å². The van der Waals surface area contributed by atoms with Crippen LogP contribution in [0, 0.1) is 0 Å². The van der Waals surface area contributed by atoms with Crippen LogP contribution in [0.1, 0.15) is 17.3 Å². The number of aromatic nitrogens is 1. The number of fused-ring (bicyclic) bond motifs is 1. The normalized spacial score (nSPS) is 10.8. The molecule has 0 aliphatic rings. The Morgan fingerprint density at radius 2 is 1.96 bits per heavy atom. The molecule has 0 fully saturated rings. The first-order chi connectivity index (χ1) is 13.0. The van der Waals surface area contributed by atoms with Crippen molar-refractivity contribution in [2.75, 3.05) is 38.7 Å². The van der Waals surface area contributed by atoms with Gasteiger partial charge in [-0.25, -0.2) is 4.98 Å². The van der Waals surface area contributed by atoms with Crippen molar-refractivity contribution < 1.29 is 9.53 Å². The highest BCUT2D eigenvalue weighted by Crippen LogP contribution is 2.32. The quantitative estimate of drug-likeness (QED) is 0.520. The van der Waals surface area contributed by atoms with Gasteiger partial charge in [0.2, 0.25) is 0 Å². The maximum absolute atomic E-state index is 13.1. The van der Waals surface area contributed by atoms with E-state index >= 15 is 0 Å². The molecule has 0 saturated carbocycles. The summed E-state index contributed by atoms with van der Waals surface area (Å²) in [6.07, 6.45) is 0. The van der Waals surface area contributed by atoms with Crippen LogP contribution in [0.5, 0.6) is 5.75 Å². The minimum absolute atomic E-state index is 0. The standard InChI is InChI=1S/C20H22ClN3O2S.ClH/c1-4-26-16-8-9-17-18(13-16)27-20(22-17)24(11-10-23(2)3)19(25)14-6-5-7-15(21)12-14;/h5-9,12-13H,4,10-11H2,1-3H3;1H. The molecular formula is C20H23Cl2N3O2S. The molecule has 0 spiro atoms. The Morgan fingerprint density at radius 3 is 2.64 bits per heavy atom. The number of hydrogen-bond donors (Lipinski definition) is 0. The summed E-state index contributed by atoms with van der Waals surface area (Å²) in [5.41, 5.74) is 1.41. The van der Waals surface area contributed by atoms with Gasteiger partial charge in [-0.3, -0.25) is 9.69 Å². The zero-order valence-electron chi connectivity index (χ0n) is 16.0. The first-order valence-electron chi connectivity index (χ1n) is 8.73. The number of halogens is 2. The number of carbonyl (C=O) groups excluding carboxylic acids is 1. The highest BCUT2D eigenvalue weighted by Gasteiger charge is 2.21. The Bertz CT molecular complexity index is 946. The monoisotopic (exact) mass is 439 g/mol. The summed E-state index contributed by atoms with van der Waals surface area (Å²) in [5.74, 6) is 0.699. The zero-order valence-corrected chi connectivity index (χ0v) is 18.4. The smallest absolute Gasteiger partial charge is 0.260 e. The number of carbonyl (C=O) groups is 1. The lowest BCUT2D eigenvalue weighted by Crippen LogP contribution is -2.36. The van der Waals surface area contributed by atoms with Crippen molar-refractivity contribution in [1.82, 2.24) is 9.88 Å². The molecule has 0 N–H and O–H groups in total. The topological polar surface area (TPSA) is 45.7 Å². The molecule has 0 radical (unpaired) electrons. The maximum atomic E-state index is 13.1. The van der Waals surface area contributed by atoms with Gasteiger partial charge in [0.25, 0.3) is 5.91 Å². The van der Waals surface area contributed by atoms with E-state index in [-0.39, 0.29) is 18.3 Å². The van der Waals surface area contributed by atoms with Crippen LogP contribution in [0.3, 0.4) is 0 Å². The van der Waals surface area contributed by atoms with Crippen LogP contribution in [0.4, 0.5) is 5.13 Å². The van der Waals surface area contributed by atoms with Gasteiger partial charge in [-0.05, 0) is 57.4 Å². The maximum Gasteiger partial charge on any atom is 0.260 e. The lowest BCUT2D eigenvalue weighted by Gasteiger charge is -2.22. The highest BCUT2D eigenvalue weighted by atomic mass is 35.5. The average molecular weight is 440 g/mol. The van der Waals surface area contributed by atoms with E-state index < -0.39 is 0 Å². The van der Waals surface area contributed by atoms with Gasteiger partial charge in [0, 0.05) is 23.7 Å². The molecule has 0 atom stereocenters. The molecule has 2 aromatic carbocycles. The SMILES string of the molecule is CCOc1ccc2nc(N(CCN(C)C)C(=O)c3cccc(Cl)c3)sc2c1.Cl. The molecule has 1 heterocycles.